The zero-order chi connectivity index (χ0) is 19.8. The van der Waals surface area contributed by atoms with Crippen LogP contribution in [0.4, 0.5) is 0 Å². The molecule has 1 amide bonds. The van der Waals surface area contributed by atoms with Crippen molar-refractivity contribution in [3.63, 3.8) is 0 Å². The summed E-state index contributed by atoms with van der Waals surface area (Å²) in [5.74, 6) is 0.906. The summed E-state index contributed by atoms with van der Waals surface area (Å²) in [5, 5.41) is 4.02. The summed E-state index contributed by atoms with van der Waals surface area (Å²) in [6.45, 7) is 0.427. The molecule has 0 aliphatic rings. The van der Waals surface area contributed by atoms with Crippen LogP contribution < -0.4 is 14.9 Å². The van der Waals surface area contributed by atoms with Gasteiger partial charge in [0.2, 0.25) is 0 Å². The van der Waals surface area contributed by atoms with Crippen LogP contribution >= 0.6 is 15.9 Å². The Bertz CT molecular complexity index is 960. The molecule has 0 aliphatic carbocycles. The Morgan fingerprint density at radius 2 is 1.75 bits per heavy atom. The zero-order valence-electron chi connectivity index (χ0n) is 15.3. The standard InChI is InChI=1S/C22H19BrN2O3/c1-27-20-13-17(14-24-25-22(26)18-10-6-3-7-11-18)12-19(23)21(20)28-15-16-8-4-2-5-9-16/h2-14H,15H2,1H3,(H,25,26)/b24-14+. The smallest absolute Gasteiger partial charge is 0.271 e. The van der Waals surface area contributed by atoms with Crippen molar-refractivity contribution < 1.29 is 14.3 Å². The van der Waals surface area contributed by atoms with E-state index in [1.54, 1.807) is 43.7 Å². The van der Waals surface area contributed by atoms with Crippen LogP contribution in [0, 0.1) is 0 Å². The summed E-state index contributed by atoms with van der Waals surface area (Å²) in [6.07, 6.45) is 1.55. The molecule has 28 heavy (non-hydrogen) atoms. The Morgan fingerprint density at radius 3 is 2.43 bits per heavy atom. The van der Waals surface area contributed by atoms with E-state index in [1.165, 1.54) is 0 Å². The van der Waals surface area contributed by atoms with Crippen molar-refractivity contribution in [3.8, 4) is 11.5 Å². The number of methoxy groups -OCH3 is 1. The predicted molar refractivity (Wildman–Crippen MR) is 113 cm³/mol. The highest BCUT2D eigenvalue weighted by molar-refractivity contribution is 9.10. The van der Waals surface area contributed by atoms with Crippen LogP contribution in [0.5, 0.6) is 11.5 Å². The lowest BCUT2D eigenvalue weighted by Gasteiger charge is -2.13. The molecule has 0 bridgehead atoms. The van der Waals surface area contributed by atoms with Crippen LogP contribution in [0.1, 0.15) is 21.5 Å². The molecular weight excluding hydrogens is 420 g/mol. The molecule has 0 saturated carbocycles. The highest BCUT2D eigenvalue weighted by Gasteiger charge is 2.11. The largest absolute Gasteiger partial charge is 0.493 e. The van der Waals surface area contributed by atoms with Crippen LogP contribution in [0.3, 0.4) is 0 Å². The maximum atomic E-state index is 12.0. The van der Waals surface area contributed by atoms with Gasteiger partial charge in [-0.15, -0.1) is 0 Å². The highest BCUT2D eigenvalue weighted by atomic mass is 79.9. The van der Waals surface area contributed by atoms with Crippen molar-refractivity contribution in [2.45, 2.75) is 6.61 Å². The van der Waals surface area contributed by atoms with Gasteiger partial charge in [-0.05, 0) is 51.3 Å². The third-order valence-electron chi connectivity index (χ3n) is 3.89. The van der Waals surface area contributed by atoms with E-state index in [9.17, 15) is 4.79 Å². The number of amides is 1. The van der Waals surface area contributed by atoms with E-state index in [4.69, 9.17) is 9.47 Å². The predicted octanol–water partition coefficient (Wildman–Crippen LogP) is 4.80. The number of hydrogen-bond acceptors (Lipinski definition) is 4. The quantitative estimate of drug-likeness (QED) is 0.425. The normalized spacial score (nSPS) is 10.6. The third-order valence-corrected chi connectivity index (χ3v) is 4.48. The van der Waals surface area contributed by atoms with Crippen LogP contribution in [-0.2, 0) is 6.61 Å². The SMILES string of the molecule is COc1cc(/C=N/NC(=O)c2ccccc2)cc(Br)c1OCc1ccccc1. The average Bonchev–Trinajstić information content (AvgIpc) is 2.74. The maximum Gasteiger partial charge on any atom is 0.271 e. The summed E-state index contributed by atoms with van der Waals surface area (Å²) in [4.78, 5) is 12.0. The van der Waals surface area contributed by atoms with E-state index in [2.05, 4.69) is 26.5 Å². The first kappa shape index (κ1) is 19.6. The molecule has 0 saturated heterocycles. The van der Waals surface area contributed by atoms with E-state index < -0.39 is 0 Å². The Kier molecular flexibility index (Phi) is 6.81. The second-order valence-electron chi connectivity index (χ2n) is 5.87. The van der Waals surface area contributed by atoms with Crippen LogP contribution in [-0.4, -0.2) is 19.2 Å². The molecule has 3 aromatic carbocycles. The van der Waals surface area contributed by atoms with Gasteiger partial charge in [0, 0.05) is 5.56 Å². The fraction of sp³-hybridized carbons (Fsp3) is 0.0909. The number of nitrogens with one attached hydrogen (secondary N) is 1. The minimum Gasteiger partial charge on any atom is -0.493 e. The molecule has 0 aliphatic heterocycles. The van der Waals surface area contributed by atoms with Crippen molar-refractivity contribution in [1.29, 1.82) is 0 Å². The Hall–Kier alpha value is -3.12. The van der Waals surface area contributed by atoms with E-state index in [1.807, 2.05) is 42.5 Å². The third kappa shape index (κ3) is 5.20. The number of hydrazone groups is 1. The topological polar surface area (TPSA) is 59.9 Å². The number of benzene rings is 3. The van der Waals surface area contributed by atoms with Gasteiger partial charge in [0.05, 0.1) is 17.8 Å². The fourth-order valence-corrected chi connectivity index (χ4v) is 3.08. The Morgan fingerprint density at radius 1 is 1.07 bits per heavy atom. The average molecular weight is 439 g/mol. The molecule has 3 aromatic rings. The van der Waals surface area contributed by atoms with Gasteiger partial charge >= 0.3 is 0 Å². The summed E-state index contributed by atoms with van der Waals surface area (Å²) >= 11 is 3.52. The molecular formula is C22H19BrN2O3. The number of hydrogen-bond donors (Lipinski definition) is 1. The van der Waals surface area contributed by atoms with Gasteiger partial charge in [-0.25, -0.2) is 5.43 Å². The second-order valence-corrected chi connectivity index (χ2v) is 6.73. The van der Waals surface area contributed by atoms with Gasteiger partial charge in [0.1, 0.15) is 6.61 Å². The summed E-state index contributed by atoms with van der Waals surface area (Å²) < 4.78 is 12.1. The lowest BCUT2D eigenvalue weighted by Crippen LogP contribution is -2.17. The van der Waals surface area contributed by atoms with Crippen molar-refractivity contribution >= 4 is 28.1 Å². The minimum absolute atomic E-state index is 0.273. The molecule has 0 aromatic heterocycles. The number of nitrogens with zero attached hydrogens (tertiary/aromatic N) is 1. The van der Waals surface area contributed by atoms with Crippen molar-refractivity contribution in [3.05, 3.63) is 94.0 Å². The molecule has 1 N–H and O–H groups in total. The first-order valence-electron chi connectivity index (χ1n) is 8.60. The van der Waals surface area contributed by atoms with Gasteiger partial charge in [-0.1, -0.05) is 48.5 Å². The number of halogens is 1. The highest BCUT2D eigenvalue weighted by Crippen LogP contribution is 2.36. The van der Waals surface area contributed by atoms with E-state index >= 15 is 0 Å². The van der Waals surface area contributed by atoms with E-state index in [-0.39, 0.29) is 5.91 Å². The van der Waals surface area contributed by atoms with Crippen molar-refractivity contribution in [2.24, 2.45) is 5.10 Å². The monoisotopic (exact) mass is 438 g/mol. The molecule has 0 atom stereocenters. The van der Waals surface area contributed by atoms with E-state index in [0.717, 1.165) is 15.6 Å². The molecule has 3 rings (SSSR count). The lowest BCUT2D eigenvalue weighted by atomic mass is 10.2. The number of carbonyl (C=O) groups excluding carboxylic acids is 1. The van der Waals surface area contributed by atoms with Gasteiger partial charge in [-0.3, -0.25) is 4.79 Å². The summed E-state index contributed by atoms with van der Waals surface area (Å²) in [7, 11) is 1.58. The number of rotatable bonds is 7. The van der Waals surface area contributed by atoms with Gasteiger partial charge in [0.15, 0.2) is 11.5 Å². The molecule has 5 nitrogen and oxygen atoms in total. The van der Waals surface area contributed by atoms with Gasteiger partial charge < -0.3 is 9.47 Å². The molecule has 142 valence electrons. The lowest BCUT2D eigenvalue weighted by molar-refractivity contribution is 0.0955. The molecule has 0 fully saturated rings. The van der Waals surface area contributed by atoms with Crippen molar-refractivity contribution in [2.75, 3.05) is 7.11 Å². The molecule has 0 radical (unpaired) electrons. The first-order chi connectivity index (χ1) is 13.7. The van der Waals surface area contributed by atoms with Crippen molar-refractivity contribution in [1.82, 2.24) is 5.43 Å². The minimum atomic E-state index is -0.273. The molecule has 0 unspecified atom stereocenters. The zero-order valence-corrected chi connectivity index (χ0v) is 16.8. The number of ether oxygens (including phenoxy) is 2. The Labute approximate surface area is 172 Å². The first-order valence-corrected chi connectivity index (χ1v) is 9.39. The number of carbonyl (C=O) groups is 1. The fourth-order valence-electron chi connectivity index (χ4n) is 2.50. The van der Waals surface area contributed by atoms with E-state index in [0.29, 0.717) is 23.7 Å². The van der Waals surface area contributed by atoms with Crippen LogP contribution in [0.25, 0.3) is 0 Å². The van der Waals surface area contributed by atoms with Gasteiger partial charge in [0.25, 0.3) is 5.91 Å². The molecule has 0 heterocycles. The van der Waals surface area contributed by atoms with Gasteiger partial charge in [-0.2, -0.15) is 5.10 Å². The maximum absolute atomic E-state index is 12.0. The molecule has 6 heteroatoms. The van der Waals surface area contributed by atoms with Crippen LogP contribution in [0.2, 0.25) is 0 Å². The summed E-state index contributed by atoms with van der Waals surface area (Å²) in [6, 6.07) is 22.4. The molecule has 0 spiro atoms. The second kappa shape index (κ2) is 9.71. The summed E-state index contributed by atoms with van der Waals surface area (Å²) in [5.41, 5.74) is 4.87. The van der Waals surface area contributed by atoms with Crippen LogP contribution in [0.15, 0.2) is 82.4 Å². The Balaban J connectivity index is 1.69.